The van der Waals surface area contributed by atoms with E-state index in [1.54, 1.807) is 18.3 Å². The molecule has 1 saturated heterocycles. The Hall–Kier alpha value is -3.46. The lowest BCUT2D eigenvalue weighted by Crippen LogP contribution is -2.48. The third-order valence-electron chi connectivity index (χ3n) is 5.21. The molecule has 0 spiro atoms. The molecule has 30 heavy (non-hydrogen) atoms. The lowest BCUT2D eigenvalue weighted by atomic mass is 10.0. The highest BCUT2D eigenvalue weighted by atomic mass is 35.5. The molecule has 0 bridgehead atoms. The molecule has 0 radical (unpaired) electrons. The molecule has 1 fully saturated rings. The Labute approximate surface area is 176 Å². The Morgan fingerprint density at radius 3 is 2.70 bits per heavy atom. The predicted octanol–water partition coefficient (Wildman–Crippen LogP) is 2.93. The van der Waals surface area contributed by atoms with Gasteiger partial charge in [-0.3, -0.25) is 4.79 Å². The number of amides is 1. The van der Waals surface area contributed by atoms with Crippen molar-refractivity contribution >= 4 is 34.8 Å². The van der Waals surface area contributed by atoms with Crippen LogP contribution < -0.4 is 4.90 Å². The number of pyridine rings is 1. The van der Waals surface area contributed by atoms with E-state index in [0.717, 1.165) is 16.8 Å². The summed E-state index contributed by atoms with van der Waals surface area (Å²) in [4.78, 5) is 25.4. The molecule has 0 aliphatic carbocycles. The lowest BCUT2D eigenvalue weighted by Gasteiger charge is -2.33. The zero-order valence-corrected chi connectivity index (χ0v) is 16.9. The van der Waals surface area contributed by atoms with Crippen LogP contribution in [0.3, 0.4) is 0 Å². The Balaban J connectivity index is 1.28. The van der Waals surface area contributed by atoms with Gasteiger partial charge in [0.25, 0.3) is 11.9 Å². The van der Waals surface area contributed by atoms with Gasteiger partial charge >= 0.3 is 0 Å². The zero-order chi connectivity index (χ0) is 20.7. The molecule has 1 aliphatic rings. The molecule has 3 aromatic heterocycles. The molecule has 9 nitrogen and oxygen atoms in total. The summed E-state index contributed by atoms with van der Waals surface area (Å²) in [6.45, 7) is 4.38. The highest BCUT2D eigenvalue weighted by molar-refractivity contribution is 6.29. The van der Waals surface area contributed by atoms with Gasteiger partial charge in [-0.1, -0.05) is 17.7 Å². The number of halogens is 1. The maximum Gasteiger partial charge on any atom is 0.300 e. The minimum Gasteiger partial charge on any atom is -0.422 e. The Morgan fingerprint density at radius 1 is 1.13 bits per heavy atom. The number of nitrogens with zero attached hydrogens (tertiary/aromatic N) is 6. The summed E-state index contributed by atoms with van der Waals surface area (Å²) in [5, 5.41) is 10.9. The molecule has 4 aromatic rings. The number of carbonyl (C=O) groups is 1. The van der Waals surface area contributed by atoms with Crippen molar-refractivity contribution in [3.8, 4) is 11.3 Å². The second kappa shape index (κ2) is 7.42. The van der Waals surface area contributed by atoms with Gasteiger partial charge in [-0.05, 0) is 36.8 Å². The van der Waals surface area contributed by atoms with Gasteiger partial charge in [-0.25, -0.2) is 4.98 Å². The Morgan fingerprint density at radius 2 is 1.97 bits per heavy atom. The molecule has 4 heterocycles. The first kappa shape index (κ1) is 18.6. The van der Waals surface area contributed by atoms with Crippen LogP contribution >= 0.6 is 11.6 Å². The fourth-order valence-corrected chi connectivity index (χ4v) is 3.76. The van der Waals surface area contributed by atoms with Crippen LogP contribution in [0.25, 0.3) is 22.5 Å². The summed E-state index contributed by atoms with van der Waals surface area (Å²) in [6, 6.07) is 9.57. The van der Waals surface area contributed by atoms with E-state index in [1.165, 1.54) is 0 Å². The normalized spacial score (nSPS) is 14.5. The number of aromatic nitrogens is 5. The van der Waals surface area contributed by atoms with E-state index in [0.29, 0.717) is 54.1 Å². The number of piperazine rings is 1. The average molecular weight is 424 g/mol. The van der Waals surface area contributed by atoms with Gasteiger partial charge in [0.15, 0.2) is 5.58 Å². The fraction of sp³-hybridized carbons (Fsp3) is 0.250. The summed E-state index contributed by atoms with van der Waals surface area (Å²) in [6.07, 6.45) is 1.67. The Bertz CT molecular complexity index is 1210. The molecular formula is C20H18ClN7O2. The molecule has 5 rings (SSSR count). The van der Waals surface area contributed by atoms with Crippen LogP contribution in [0.5, 0.6) is 0 Å². The zero-order valence-electron chi connectivity index (χ0n) is 16.2. The highest BCUT2D eigenvalue weighted by Crippen LogP contribution is 2.25. The van der Waals surface area contributed by atoms with Crippen molar-refractivity contribution in [2.75, 3.05) is 31.1 Å². The highest BCUT2D eigenvalue weighted by Gasteiger charge is 2.25. The van der Waals surface area contributed by atoms with E-state index in [9.17, 15) is 4.79 Å². The summed E-state index contributed by atoms with van der Waals surface area (Å²) >= 11 is 5.92. The van der Waals surface area contributed by atoms with Crippen molar-refractivity contribution < 1.29 is 9.21 Å². The Kier molecular flexibility index (Phi) is 4.59. The first-order valence-electron chi connectivity index (χ1n) is 9.52. The summed E-state index contributed by atoms with van der Waals surface area (Å²) in [5.74, 6) is 0.00969. The third-order valence-corrected chi connectivity index (χ3v) is 5.42. The molecule has 0 saturated carbocycles. The minimum atomic E-state index is 0.00969. The molecule has 1 aliphatic heterocycles. The molecular weight excluding hydrogens is 406 g/mol. The number of benzene rings is 1. The standard InChI is InChI=1S/C20H18ClN7O2/c1-12-10-13(2-3-14(12)15-11-22-26-25-15)19(29)27-6-8-28(9-7-27)20-24-18-16(30-20)4-5-17(21)23-18/h2-5,10-11H,6-9H2,1H3,(H,22,25,26). The molecule has 0 unspecified atom stereocenters. The van der Waals surface area contributed by atoms with Gasteiger partial charge in [0.2, 0.25) is 5.65 Å². The smallest absolute Gasteiger partial charge is 0.300 e. The maximum absolute atomic E-state index is 13.0. The first-order chi connectivity index (χ1) is 14.6. The van der Waals surface area contributed by atoms with E-state index < -0.39 is 0 Å². The molecule has 1 aromatic carbocycles. The second-order valence-electron chi connectivity index (χ2n) is 7.12. The lowest BCUT2D eigenvalue weighted by molar-refractivity contribution is 0.0745. The number of aromatic amines is 1. The number of fused-ring (bicyclic) bond motifs is 1. The number of aryl methyl sites for hydroxylation is 1. The van der Waals surface area contributed by atoms with Crippen LogP contribution in [0, 0.1) is 6.92 Å². The number of oxazole rings is 1. The number of carbonyl (C=O) groups excluding carboxylic acids is 1. The van der Waals surface area contributed by atoms with E-state index >= 15 is 0 Å². The molecule has 10 heteroatoms. The molecule has 1 N–H and O–H groups in total. The molecule has 0 atom stereocenters. The van der Waals surface area contributed by atoms with E-state index in [2.05, 4.69) is 25.4 Å². The SMILES string of the molecule is Cc1cc(C(=O)N2CCN(c3nc4nc(Cl)ccc4o3)CC2)ccc1-c1cn[nH]n1. The number of H-pyrrole nitrogens is 1. The first-order valence-corrected chi connectivity index (χ1v) is 9.90. The van der Waals surface area contributed by atoms with Crippen LogP contribution in [-0.4, -0.2) is 62.4 Å². The van der Waals surface area contributed by atoms with Crippen LogP contribution in [0.1, 0.15) is 15.9 Å². The van der Waals surface area contributed by atoms with Gasteiger partial charge in [-0.2, -0.15) is 20.4 Å². The fourth-order valence-electron chi connectivity index (χ4n) is 3.62. The maximum atomic E-state index is 13.0. The van der Waals surface area contributed by atoms with E-state index in [4.69, 9.17) is 16.0 Å². The van der Waals surface area contributed by atoms with Gasteiger partial charge in [0.1, 0.15) is 10.8 Å². The topological polar surface area (TPSA) is 104 Å². The number of anilines is 1. The van der Waals surface area contributed by atoms with Gasteiger partial charge in [0, 0.05) is 37.3 Å². The van der Waals surface area contributed by atoms with Gasteiger partial charge in [0.05, 0.1) is 6.20 Å². The van der Waals surface area contributed by atoms with Crippen molar-refractivity contribution in [3.05, 3.63) is 52.8 Å². The van der Waals surface area contributed by atoms with Gasteiger partial charge < -0.3 is 14.2 Å². The number of rotatable bonds is 3. The van der Waals surface area contributed by atoms with Crippen LogP contribution in [0.15, 0.2) is 40.9 Å². The van der Waals surface area contributed by atoms with Gasteiger partial charge in [-0.15, -0.1) is 0 Å². The molecule has 152 valence electrons. The van der Waals surface area contributed by atoms with Crippen molar-refractivity contribution in [3.63, 3.8) is 0 Å². The quantitative estimate of drug-likeness (QED) is 0.505. The predicted molar refractivity (Wildman–Crippen MR) is 111 cm³/mol. The number of hydrogen-bond donors (Lipinski definition) is 1. The largest absolute Gasteiger partial charge is 0.422 e. The summed E-state index contributed by atoms with van der Waals surface area (Å²) in [7, 11) is 0. The van der Waals surface area contributed by atoms with Crippen LogP contribution in [-0.2, 0) is 0 Å². The van der Waals surface area contributed by atoms with Crippen LogP contribution in [0.4, 0.5) is 6.01 Å². The van der Waals surface area contributed by atoms with E-state index in [1.807, 2.05) is 34.9 Å². The van der Waals surface area contributed by atoms with Crippen molar-refractivity contribution in [1.82, 2.24) is 30.3 Å². The van der Waals surface area contributed by atoms with Crippen LogP contribution in [0.2, 0.25) is 5.15 Å². The average Bonchev–Trinajstić information content (AvgIpc) is 3.43. The second-order valence-corrected chi connectivity index (χ2v) is 7.50. The molecule has 1 amide bonds. The summed E-state index contributed by atoms with van der Waals surface area (Å²) in [5.41, 5.74) is 4.43. The minimum absolute atomic E-state index is 0.00969. The van der Waals surface area contributed by atoms with Crippen molar-refractivity contribution in [2.24, 2.45) is 0 Å². The summed E-state index contributed by atoms with van der Waals surface area (Å²) < 4.78 is 5.78. The van der Waals surface area contributed by atoms with Crippen molar-refractivity contribution in [2.45, 2.75) is 6.92 Å². The number of nitrogens with one attached hydrogen (secondary N) is 1. The number of hydrogen-bond acceptors (Lipinski definition) is 7. The van der Waals surface area contributed by atoms with E-state index in [-0.39, 0.29) is 5.91 Å². The van der Waals surface area contributed by atoms with Crippen molar-refractivity contribution in [1.29, 1.82) is 0 Å². The monoisotopic (exact) mass is 423 g/mol. The third kappa shape index (κ3) is 3.37.